The van der Waals surface area contributed by atoms with Gasteiger partial charge in [0.15, 0.2) is 5.69 Å². The van der Waals surface area contributed by atoms with Crippen LogP contribution in [0.3, 0.4) is 0 Å². The zero-order valence-electron chi connectivity index (χ0n) is 15.2. The highest BCUT2D eigenvalue weighted by Gasteiger charge is 2.30. The number of amides is 2. The number of fused-ring (bicyclic) bond motifs is 1. The summed E-state index contributed by atoms with van der Waals surface area (Å²) in [6.07, 6.45) is 1.59. The summed E-state index contributed by atoms with van der Waals surface area (Å²) in [4.78, 5) is 27.4. The van der Waals surface area contributed by atoms with Crippen molar-refractivity contribution in [3.63, 3.8) is 0 Å². The quantitative estimate of drug-likeness (QED) is 0.750. The van der Waals surface area contributed by atoms with E-state index in [2.05, 4.69) is 15.5 Å². The molecule has 138 valence electrons. The van der Waals surface area contributed by atoms with E-state index in [-0.39, 0.29) is 17.7 Å². The molecule has 27 heavy (non-hydrogen) atoms. The number of H-pyrrole nitrogens is 1. The molecule has 1 saturated heterocycles. The third-order valence-corrected chi connectivity index (χ3v) is 5.04. The van der Waals surface area contributed by atoms with Crippen LogP contribution in [0, 0.1) is 12.8 Å². The summed E-state index contributed by atoms with van der Waals surface area (Å²) in [7, 11) is 0. The average Bonchev–Trinajstić information content (AvgIpc) is 3.11. The van der Waals surface area contributed by atoms with Gasteiger partial charge in [0.1, 0.15) is 0 Å². The van der Waals surface area contributed by atoms with E-state index in [0.717, 1.165) is 35.0 Å². The van der Waals surface area contributed by atoms with Crippen molar-refractivity contribution in [1.82, 2.24) is 15.1 Å². The number of rotatable bonds is 3. The van der Waals surface area contributed by atoms with E-state index < -0.39 is 0 Å². The molecule has 0 radical (unpaired) electrons. The van der Waals surface area contributed by atoms with Gasteiger partial charge < -0.3 is 10.2 Å². The van der Waals surface area contributed by atoms with Gasteiger partial charge in [0, 0.05) is 24.2 Å². The number of hydrogen-bond acceptors (Lipinski definition) is 3. The molecule has 6 nitrogen and oxygen atoms in total. The first-order chi connectivity index (χ1) is 13.1. The first kappa shape index (κ1) is 17.3. The molecular weight excluding hydrogens is 340 g/mol. The number of nitrogens with zero attached hydrogens (tertiary/aromatic N) is 2. The van der Waals surface area contributed by atoms with E-state index in [4.69, 9.17) is 0 Å². The van der Waals surface area contributed by atoms with Gasteiger partial charge in [-0.15, -0.1) is 0 Å². The zero-order chi connectivity index (χ0) is 18.8. The van der Waals surface area contributed by atoms with Crippen LogP contribution in [0.2, 0.25) is 0 Å². The number of anilines is 1. The number of benzene rings is 2. The topological polar surface area (TPSA) is 78.1 Å². The largest absolute Gasteiger partial charge is 0.336 e. The SMILES string of the molecule is Cc1ccc2[nH]nc(C(=O)N3CCC[C@@H](C(=O)Nc4ccccc4)C3)c2c1. The summed E-state index contributed by atoms with van der Waals surface area (Å²) in [5.41, 5.74) is 3.13. The highest BCUT2D eigenvalue weighted by molar-refractivity contribution is 6.05. The Hall–Kier alpha value is -3.15. The first-order valence-corrected chi connectivity index (χ1v) is 9.22. The van der Waals surface area contributed by atoms with Crippen LogP contribution in [0.25, 0.3) is 10.9 Å². The average molecular weight is 362 g/mol. The van der Waals surface area contributed by atoms with Gasteiger partial charge >= 0.3 is 0 Å². The van der Waals surface area contributed by atoms with E-state index in [1.807, 2.05) is 55.5 Å². The molecule has 4 rings (SSSR count). The number of para-hydroxylation sites is 1. The fourth-order valence-electron chi connectivity index (χ4n) is 3.58. The lowest BCUT2D eigenvalue weighted by atomic mass is 9.96. The number of nitrogens with one attached hydrogen (secondary N) is 2. The summed E-state index contributed by atoms with van der Waals surface area (Å²) < 4.78 is 0. The third-order valence-electron chi connectivity index (χ3n) is 5.04. The van der Waals surface area contributed by atoms with Gasteiger partial charge in [-0.2, -0.15) is 5.10 Å². The minimum Gasteiger partial charge on any atom is -0.336 e. The number of aryl methyl sites for hydroxylation is 1. The van der Waals surface area contributed by atoms with E-state index in [1.165, 1.54) is 0 Å². The molecule has 1 aromatic heterocycles. The van der Waals surface area contributed by atoms with Crippen molar-refractivity contribution in [2.24, 2.45) is 5.92 Å². The summed E-state index contributed by atoms with van der Waals surface area (Å²) in [5.74, 6) is -0.375. The second-order valence-electron chi connectivity index (χ2n) is 7.07. The number of carbonyl (C=O) groups excluding carboxylic acids is 2. The van der Waals surface area contributed by atoms with Crippen molar-refractivity contribution < 1.29 is 9.59 Å². The number of likely N-dealkylation sites (tertiary alicyclic amines) is 1. The Kier molecular flexibility index (Phi) is 4.62. The van der Waals surface area contributed by atoms with Crippen LogP contribution in [-0.4, -0.2) is 40.0 Å². The van der Waals surface area contributed by atoms with E-state index in [0.29, 0.717) is 18.8 Å². The van der Waals surface area contributed by atoms with Crippen LogP contribution in [0.1, 0.15) is 28.9 Å². The second-order valence-corrected chi connectivity index (χ2v) is 7.07. The number of piperidine rings is 1. The van der Waals surface area contributed by atoms with Gasteiger partial charge in [-0.05, 0) is 44.0 Å². The Morgan fingerprint density at radius 3 is 2.81 bits per heavy atom. The molecular formula is C21H22N4O2. The lowest BCUT2D eigenvalue weighted by molar-refractivity contribution is -0.121. The maximum Gasteiger partial charge on any atom is 0.275 e. The van der Waals surface area contributed by atoms with Crippen LogP contribution in [0.15, 0.2) is 48.5 Å². The maximum absolute atomic E-state index is 13.0. The molecule has 0 unspecified atom stereocenters. The lowest BCUT2D eigenvalue weighted by Gasteiger charge is -2.31. The third kappa shape index (κ3) is 3.56. The zero-order valence-corrected chi connectivity index (χ0v) is 15.2. The molecule has 2 N–H and O–H groups in total. The highest BCUT2D eigenvalue weighted by atomic mass is 16.2. The Balaban J connectivity index is 1.49. The van der Waals surface area contributed by atoms with Crippen LogP contribution in [0.4, 0.5) is 5.69 Å². The van der Waals surface area contributed by atoms with Gasteiger partial charge in [0.05, 0.1) is 11.4 Å². The second kappa shape index (κ2) is 7.23. The molecule has 0 spiro atoms. The molecule has 2 heterocycles. The monoisotopic (exact) mass is 362 g/mol. The molecule has 6 heteroatoms. The Bertz CT molecular complexity index is 980. The molecule has 3 aromatic rings. The lowest BCUT2D eigenvalue weighted by Crippen LogP contribution is -2.44. The molecule has 1 aliphatic rings. The summed E-state index contributed by atoms with van der Waals surface area (Å²) >= 11 is 0. The number of aromatic amines is 1. The Morgan fingerprint density at radius 2 is 2.00 bits per heavy atom. The normalized spacial score (nSPS) is 17.1. The molecule has 0 bridgehead atoms. The van der Waals surface area contributed by atoms with E-state index in [9.17, 15) is 9.59 Å². The van der Waals surface area contributed by atoms with Crippen molar-refractivity contribution >= 4 is 28.4 Å². The van der Waals surface area contributed by atoms with Crippen molar-refractivity contribution in [3.05, 3.63) is 59.8 Å². The van der Waals surface area contributed by atoms with Crippen molar-refractivity contribution in [2.75, 3.05) is 18.4 Å². The summed E-state index contributed by atoms with van der Waals surface area (Å²) in [6, 6.07) is 15.3. The van der Waals surface area contributed by atoms with Gasteiger partial charge in [0.2, 0.25) is 5.91 Å². The molecule has 1 fully saturated rings. The van der Waals surface area contributed by atoms with Gasteiger partial charge in [-0.3, -0.25) is 14.7 Å². The predicted octanol–water partition coefficient (Wildman–Crippen LogP) is 3.36. The first-order valence-electron chi connectivity index (χ1n) is 9.22. The fraction of sp³-hybridized carbons (Fsp3) is 0.286. The molecule has 0 saturated carbocycles. The smallest absolute Gasteiger partial charge is 0.275 e. The van der Waals surface area contributed by atoms with Gasteiger partial charge in [-0.25, -0.2) is 0 Å². The minimum atomic E-state index is -0.213. The Morgan fingerprint density at radius 1 is 1.19 bits per heavy atom. The Labute approximate surface area is 157 Å². The van der Waals surface area contributed by atoms with Crippen LogP contribution in [-0.2, 0) is 4.79 Å². The van der Waals surface area contributed by atoms with Gasteiger partial charge in [-0.1, -0.05) is 29.8 Å². The molecule has 0 aliphatic carbocycles. The standard InChI is InChI=1S/C21H22N4O2/c1-14-9-10-18-17(12-14)19(24-23-18)21(27)25-11-5-6-15(13-25)20(26)22-16-7-3-2-4-8-16/h2-4,7-10,12,15H,5-6,11,13H2,1H3,(H,22,26)(H,23,24)/t15-/m1/s1. The summed E-state index contributed by atoms with van der Waals surface area (Å²) in [5, 5.41) is 10.9. The van der Waals surface area contributed by atoms with E-state index >= 15 is 0 Å². The van der Waals surface area contributed by atoms with Crippen molar-refractivity contribution in [3.8, 4) is 0 Å². The molecule has 2 amide bonds. The fourth-order valence-corrected chi connectivity index (χ4v) is 3.58. The summed E-state index contributed by atoms with van der Waals surface area (Å²) in [6.45, 7) is 3.05. The molecule has 1 atom stereocenters. The van der Waals surface area contributed by atoms with Gasteiger partial charge in [0.25, 0.3) is 5.91 Å². The molecule has 2 aromatic carbocycles. The predicted molar refractivity (Wildman–Crippen MR) is 105 cm³/mol. The maximum atomic E-state index is 13.0. The van der Waals surface area contributed by atoms with E-state index in [1.54, 1.807) is 4.90 Å². The van der Waals surface area contributed by atoms with Crippen molar-refractivity contribution in [2.45, 2.75) is 19.8 Å². The van der Waals surface area contributed by atoms with Crippen LogP contribution < -0.4 is 5.32 Å². The number of hydrogen-bond donors (Lipinski definition) is 2. The van der Waals surface area contributed by atoms with Crippen molar-refractivity contribution in [1.29, 1.82) is 0 Å². The highest BCUT2D eigenvalue weighted by Crippen LogP contribution is 2.23. The molecule has 1 aliphatic heterocycles. The number of aromatic nitrogens is 2. The van der Waals surface area contributed by atoms with Crippen LogP contribution in [0.5, 0.6) is 0 Å². The minimum absolute atomic E-state index is 0.0403. The van der Waals surface area contributed by atoms with Crippen LogP contribution >= 0.6 is 0 Å². The number of carbonyl (C=O) groups is 2.